The van der Waals surface area contributed by atoms with Gasteiger partial charge in [-0.2, -0.15) is 0 Å². The summed E-state index contributed by atoms with van der Waals surface area (Å²) in [7, 11) is 0. The highest BCUT2D eigenvalue weighted by Crippen LogP contribution is 2.15. The van der Waals surface area contributed by atoms with Gasteiger partial charge in [-0.1, -0.05) is 0 Å². The van der Waals surface area contributed by atoms with E-state index >= 15 is 0 Å². The molecule has 2 unspecified atom stereocenters. The minimum Gasteiger partial charge on any atom is -0.506 e. The number of nitrogen functional groups attached to an aromatic ring is 1. The van der Waals surface area contributed by atoms with Crippen molar-refractivity contribution in [1.82, 2.24) is 5.32 Å². The van der Waals surface area contributed by atoms with Crippen LogP contribution in [0.2, 0.25) is 0 Å². The molecule has 0 bridgehead atoms. The van der Waals surface area contributed by atoms with Gasteiger partial charge < -0.3 is 27.0 Å². The summed E-state index contributed by atoms with van der Waals surface area (Å²) < 4.78 is 0. The Morgan fingerprint density at radius 1 is 1.21 bits per heavy atom. The normalized spacial score (nSPS) is 22.4. The molecule has 2 rings (SSSR count). The first-order valence-electron chi connectivity index (χ1n) is 5.71. The smallest absolute Gasteiger partial charge is 0.255 e. The third kappa shape index (κ3) is 2.93. The molecule has 0 heterocycles. The molecule has 1 aromatic rings. The van der Waals surface area contributed by atoms with E-state index in [1.54, 1.807) is 24.3 Å². The molecule has 2 atom stereocenters. The fourth-order valence-corrected chi connectivity index (χ4v) is 1.67. The quantitative estimate of drug-likeness (QED) is 0.481. The molecule has 1 aromatic carbocycles. The summed E-state index contributed by atoms with van der Waals surface area (Å²) in [6.07, 6.45) is 1.64. The highest BCUT2D eigenvalue weighted by molar-refractivity contribution is 5.96. The highest BCUT2D eigenvalue weighted by Gasteiger charge is 2.21. The van der Waals surface area contributed by atoms with Gasteiger partial charge >= 0.3 is 0 Å². The van der Waals surface area contributed by atoms with Crippen molar-refractivity contribution in [2.45, 2.75) is 12.1 Å². The number of nitrogens with two attached hydrogens (primary N) is 2. The van der Waals surface area contributed by atoms with Gasteiger partial charge in [0.05, 0.1) is 17.8 Å². The molecule has 6 nitrogen and oxygen atoms in total. The van der Waals surface area contributed by atoms with Crippen molar-refractivity contribution in [2.24, 2.45) is 5.73 Å². The van der Waals surface area contributed by atoms with Crippen LogP contribution in [-0.2, 0) is 0 Å². The summed E-state index contributed by atoms with van der Waals surface area (Å²) in [5.74, 6) is -0.574. The molecule has 7 N–H and O–H groups in total. The topological polar surface area (TPSA) is 122 Å². The summed E-state index contributed by atoms with van der Waals surface area (Å²) in [6, 6.07) is 5.65. The highest BCUT2D eigenvalue weighted by atomic mass is 16.3. The number of carbonyl (C=O) groups is 1. The van der Waals surface area contributed by atoms with Gasteiger partial charge in [-0.15, -0.1) is 0 Å². The van der Waals surface area contributed by atoms with Crippen LogP contribution in [-0.4, -0.2) is 28.3 Å². The van der Waals surface area contributed by atoms with Crippen molar-refractivity contribution in [3.05, 3.63) is 53.4 Å². The summed E-state index contributed by atoms with van der Waals surface area (Å²) in [5.41, 5.74) is 12.1. The van der Waals surface area contributed by atoms with E-state index in [2.05, 4.69) is 5.32 Å². The number of rotatable bonds is 2. The monoisotopic (exact) mass is 261 g/mol. The lowest BCUT2D eigenvalue weighted by Gasteiger charge is -2.20. The van der Waals surface area contributed by atoms with Crippen LogP contribution < -0.4 is 16.8 Å². The average molecular weight is 261 g/mol. The molecule has 0 fully saturated rings. The molecule has 1 aliphatic rings. The molecule has 6 heteroatoms. The van der Waals surface area contributed by atoms with Gasteiger partial charge in [0.1, 0.15) is 5.76 Å². The van der Waals surface area contributed by atoms with Crippen LogP contribution >= 0.6 is 0 Å². The number of amides is 1. The lowest BCUT2D eigenvalue weighted by Crippen LogP contribution is -2.37. The van der Waals surface area contributed by atoms with Crippen molar-refractivity contribution >= 4 is 11.6 Å². The summed E-state index contributed by atoms with van der Waals surface area (Å²) >= 11 is 0. The first kappa shape index (κ1) is 13.1. The maximum absolute atomic E-state index is 11.9. The van der Waals surface area contributed by atoms with E-state index in [1.165, 1.54) is 12.2 Å². The minimum atomic E-state index is -0.947. The number of carbonyl (C=O) groups excluding carboxylic acids is 1. The van der Waals surface area contributed by atoms with E-state index in [-0.39, 0.29) is 11.5 Å². The van der Waals surface area contributed by atoms with Gasteiger partial charge in [0, 0.05) is 11.3 Å². The Kier molecular flexibility index (Phi) is 3.55. The van der Waals surface area contributed by atoms with Crippen molar-refractivity contribution in [1.29, 1.82) is 0 Å². The predicted molar refractivity (Wildman–Crippen MR) is 71.1 cm³/mol. The van der Waals surface area contributed by atoms with Crippen LogP contribution in [0.4, 0.5) is 5.69 Å². The van der Waals surface area contributed by atoms with Crippen molar-refractivity contribution in [3.63, 3.8) is 0 Å². The lowest BCUT2D eigenvalue weighted by atomic mass is 10.0. The van der Waals surface area contributed by atoms with Gasteiger partial charge in [-0.05, 0) is 36.4 Å². The number of nitrogens with one attached hydrogen (secondary N) is 1. The molecule has 0 radical (unpaired) electrons. The maximum atomic E-state index is 11.9. The van der Waals surface area contributed by atoms with Crippen LogP contribution in [0, 0.1) is 0 Å². The fraction of sp³-hybridized carbons (Fsp3) is 0.154. The Morgan fingerprint density at radius 2 is 1.84 bits per heavy atom. The molecular weight excluding hydrogens is 246 g/mol. The van der Waals surface area contributed by atoms with E-state index in [0.29, 0.717) is 11.3 Å². The Balaban J connectivity index is 2.13. The Labute approximate surface area is 110 Å². The van der Waals surface area contributed by atoms with Crippen LogP contribution in [0.15, 0.2) is 47.9 Å². The standard InChI is InChI=1S/C13H15N3O3/c14-8-3-1-7(2-4-8)13(19)16-10-6-11(17)9(15)5-12(10)18/h1-6,9,11,17-18H,14-15H2,(H,16,19). The Morgan fingerprint density at radius 3 is 2.47 bits per heavy atom. The molecule has 0 aromatic heterocycles. The van der Waals surface area contributed by atoms with Crippen LogP contribution in [0.25, 0.3) is 0 Å². The lowest BCUT2D eigenvalue weighted by molar-refractivity contribution is 0.0962. The second kappa shape index (κ2) is 5.13. The second-order valence-corrected chi connectivity index (χ2v) is 4.28. The van der Waals surface area contributed by atoms with Crippen molar-refractivity contribution in [3.8, 4) is 0 Å². The number of aliphatic hydroxyl groups excluding tert-OH is 2. The molecule has 0 spiro atoms. The van der Waals surface area contributed by atoms with Gasteiger partial charge in [-0.3, -0.25) is 4.79 Å². The fourth-order valence-electron chi connectivity index (χ4n) is 1.67. The van der Waals surface area contributed by atoms with Crippen molar-refractivity contribution in [2.75, 3.05) is 5.73 Å². The molecule has 19 heavy (non-hydrogen) atoms. The van der Waals surface area contributed by atoms with E-state index in [0.717, 1.165) is 0 Å². The average Bonchev–Trinajstić information content (AvgIpc) is 2.36. The molecule has 100 valence electrons. The maximum Gasteiger partial charge on any atom is 0.255 e. The zero-order valence-corrected chi connectivity index (χ0v) is 10.1. The first-order chi connectivity index (χ1) is 8.97. The molecule has 1 aliphatic carbocycles. The van der Waals surface area contributed by atoms with E-state index < -0.39 is 18.1 Å². The third-order valence-electron chi connectivity index (χ3n) is 2.78. The number of hydrogen-bond acceptors (Lipinski definition) is 5. The first-order valence-corrected chi connectivity index (χ1v) is 5.71. The largest absolute Gasteiger partial charge is 0.506 e. The van der Waals surface area contributed by atoms with E-state index in [9.17, 15) is 15.0 Å². The van der Waals surface area contributed by atoms with Crippen LogP contribution in [0.3, 0.4) is 0 Å². The number of hydrogen-bond donors (Lipinski definition) is 5. The van der Waals surface area contributed by atoms with Crippen LogP contribution in [0.1, 0.15) is 10.4 Å². The molecule has 1 amide bonds. The van der Waals surface area contributed by atoms with Gasteiger partial charge in [0.15, 0.2) is 0 Å². The van der Waals surface area contributed by atoms with Crippen LogP contribution in [0.5, 0.6) is 0 Å². The van der Waals surface area contributed by atoms with Gasteiger partial charge in [-0.25, -0.2) is 0 Å². The molecule has 0 saturated heterocycles. The predicted octanol–water partition coefficient (Wildman–Crippen LogP) is 0.0262. The zero-order valence-electron chi connectivity index (χ0n) is 10.1. The van der Waals surface area contributed by atoms with E-state index in [4.69, 9.17) is 11.5 Å². The van der Waals surface area contributed by atoms with Crippen molar-refractivity contribution < 1.29 is 15.0 Å². The minimum absolute atomic E-state index is 0.135. The van der Waals surface area contributed by atoms with E-state index in [1.807, 2.05) is 0 Å². The Hall–Kier alpha value is -2.31. The van der Waals surface area contributed by atoms with Gasteiger partial charge in [0.2, 0.25) is 0 Å². The van der Waals surface area contributed by atoms with Gasteiger partial charge in [0.25, 0.3) is 5.91 Å². The Bertz CT molecular complexity index is 549. The zero-order chi connectivity index (χ0) is 14.0. The third-order valence-corrected chi connectivity index (χ3v) is 2.78. The molecular formula is C13H15N3O3. The number of aliphatic hydroxyl groups is 2. The second-order valence-electron chi connectivity index (χ2n) is 4.28. The SMILES string of the molecule is Nc1ccc(C(=O)NC2=CC(O)C(N)C=C2O)cc1. The number of benzene rings is 1. The number of anilines is 1. The summed E-state index contributed by atoms with van der Waals surface area (Å²) in [6.45, 7) is 0. The summed E-state index contributed by atoms with van der Waals surface area (Å²) in [5, 5.41) is 21.7. The molecule has 0 aliphatic heterocycles. The summed E-state index contributed by atoms with van der Waals surface area (Å²) in [4.78, 5) is 11.9. The molecule has 0 saturated carbocycles.